The van der Waals surface area contributed by atoms with Crippen molar-refractivity contribution in [1.29, 1.82) is 0 Å². The predicted octanol–water partition coefficient (Wildman–Crippen LogP) is 4.78. The van der Waals surface area contributed by atoms with E-state index >= 15 is 0 Å². The van der Waals surface area contributed by atoms with Crippen LogP contribution in [0.15, 0.2) is 53.6 Å². The lowest BCUT2D eigenvalue weighted by atomic mass is 9.85. The van der Waals surface area contributed by atoms with E-state index in [4.69, 9.17) is 16.3 Å². The van der Waals surface area contributed by atoms with Crippen molar-refractivity contribution in [3.63, 3.8) is 0 Å². The van der Waals surface area contributed by atoms with Crippen LogP contribution in [-0.2, 0) is 6.54 Å². The van der Waals surface area contributed by atoms with E-state index in [2.05, 4.69) is 15.3 Å². The molecule has 0 spiro atoms. The summed E-state index contributed by atoms with van der Waals surface area (Å²) in [6.07, 6.45) is 6.80. The van der Waals surface area contributed by atoms with E-state index in [9.17, 15) is 9.59 Å². The lowest BCUT2D eigenvalue weighted by molar-refractivity contribution is 0.0919. The Balaban J connectivity index is 1.30. The first-order valence-corrected chi connectivity index (χ1v) is 14.5. The predicted molar refractivity (Wildman–Crippen MR) is 161 cm³/mol. The summed E-state index contributed by atoms with van der Waals surface area (Å²) in [5.74, 6) is 0.730. The highest BCUT2D eigenvalue weighted by Gasteiger charge is 2.26. The molecule has 1 fully saturated rings. The molecule has 1 aliphatic carbocycles. The van der Waals surface area contributed by atoms with E-state index in [1.54, 1.807) is 23.0 Å². The topological polar surface area (TPSA) is 94.3 Å². The number of carbonyl (C=O) groups excluding carboxylic acids is 1. The van der Waals surface area contributed by atoms with Gasteiger partial charge < -0.3 is 15.0 Å². The highest BCUT2D eigenvalue weighted by molar-refractivity contribution is 6.30. The number of aryl methyl sites for hydroxylation is 2. The summed E-state index contributed by atoms with van der Waals surface area (Å²) in [6, 6.07) is 11.5. The van der Waals surface area contributed by atoms with E-state index in [1.807, 2.05) is 67.7 Å². The Morgan fingerprint density at radius 2 is 1.88 bits per heavy atom. The number of rotatable bonds is 9. The molecular formula is C31H37ClN6O3. The van der Waals surface area contributed by atoms with Crippen molar-refractivity contribution < 1.29 is 9.53 Å². The smallest absolute Gasteiger partial charge is 0.333 e. The summed E-state index contributed by atoms with van der Waals surface area (Å²) in [7, 11) is 3.99. The quantitative estimate of drug-likeness (QED) is 0.308. The first-order chi connectivity index (χ1) is 19.7. The number of ether oxygens (including phenoxy) is 1. The molecular weight excluding hydrogens is 540 g/mol. The van der Waals surface area contributed by atoms with Gasteiger partial charge in [0.05, 0.1) is 39.2 Å². The van der Waals surface area contributed by atoms with Gasteiger partial charge in [-0.05, 0) is 83.3 Å². The van der Waals surface area contributed by atoms with E-state index in [0.717, 1.165) is 48.8 Å². The van der Waals surface area contributed by atoms with Crippen LogP contribution in [0.4, 0.5) is 0 Å². The first-order valence-electron chi connectivity index (χ1n) is 14.1. The monoisotopic (exact) mass is 576 g/mol. The van der Waals surface area contributed by atoms with Crippen molar-refractivity contribution in [3.05, 3.63) is 81.1 Å². The fourth-order valence-electron chi connectivity index (χ4n) is 5.56. The second-order valence-corrected chi connectivity index (χ2v) is 11.6. The molecule has 5 rings (SSSR count). The largest absolute Gasteiger partial charge is 0.476 e. The normalized spacial score (nSPS) is 17.2. The van der Waals surface area contributed by atoms with Crippen LogP contribution in [0.5, 0.6) is 5.88 Å². The Kier molecular flexibility index (Phi) is 8.75. The fraction of sp³-hybridized carbons (Fsp3) is 0.419. The minimum Gasteiger partial charge on any atom is -0.476 e. The number of aromatic nitrogens is 4. The first kappa shape index (κ1) is 28.8. The fourth-order valence-corrected chi connectivity index (χ4v) is 5.72. The van der Waals surface area contributed by atoms with Gasteiger partial charge in [-0.2, -0.15) is 0 Å². The molecule has 41 heavy (non-hydrogen) atoms. The third-order valence-electron chi connectivity index (χ3n) is 7.84. The van der Waals surface area contributed by atoms with Crippen LogP contribution in [0.1, 0.15) is 47.3 Å². The molecule has 216 valence electrons. The maximum Gasteiger partial charge on any atom is 0.333 e. The standard InChI is InChI=1S/C31H37ClN6O3/c1-20-6-5-7-27-29(20)38(25-12-13-28(34-18-25)41-15-14-36(3)4)31(40)37(27)19-22-8-10-24(11-9-22)35-30(39)26-16-23(32)17-33-21(26)2/h5-7,12-13,16-18,22,24H,8-11,14-15,19H2,1-4H3,(H,35,39)/t22-,24-. The van der Waals surface area contributed by atoms with Crippen LogP contribution in [0, 0.1) is 19.8 Å². The third kappa shape index (κ3) is 6.47. The van der Waals surface area contributed by atoms with Gasteiger partial charge in [-0.1, -0.05) is 23.7 Å². The Hall–Kier alpha value is -3.69. The Labute approximate surface area is 245 Å². The van der Waals surface area contributed by atoms with Gasteiger partial charge in [-0.3, -0.25) is 18.9 Å². The Morgan fingerprint density at radius 1 is 1.10 bits per heavy atom. The molecule has 0 bridgehead atoms. The molecule has 0 atom stereocenters. The van der Waals surface area contributed by atoms with Gasteiger partial charge in [0.2, 0.25) is 5.88 Å². The number of nitrogens with zero attached hydrogens (tertiary/aromatic N) is 5. The van der Waals surface area contributed by atoms with Gasteiger partial charge in [0.1, 0.15) is 6.61 Å². The lowest BCUT2D eigenvalue weighted by Gasteiger charge is -2.29. The summed E-state index contributed by atoms with van der Waals surface area (Å²) >= 11 is 6.06. The van der Waals surface area contributed by atoms with Crippen molar-refractivity contribution in [2.75, 3.05) is 27.2 Å². The van der Waals surface area contributed by atoms with Gasteiger partial charge in [-0.15, -0.1) is 0 Å². The van der Waals surface area contributed by atoms with Crippen LogP contribution in [0.25, 0.3) is 16.7 Å². The van der Waals surface area contributed by atoms with E-state index in [0.29, 0.717) is 46.9 Å². The maximum atomic E-state index is 13.9. The van der Waals surface area contributed by atoms with Crippen molar-refractivity contribution in [2.24, 2.45) is 5.92 Å². The molecule has 10 heteroatoms. The van der Waals surface area contributed by atoms with Crippen molar-refractivity contribution in [1.82, 2.24) is 29.3 Å². The van der Waals surface area contributed by atoms with E-state index in [1.165, 1.54) is 0 Å². The number of imidazole rings is 1. The highest BCUT2D eigenvalue weighted by Crippen LogP contribution is 2.29. The second kappa shape index (κ2) is 12.4. The van der Waals surface area contributed by atoms with Crippen molar-refractivity contribution in [3.8, 4) is 11.6 Å². The lowest BCUT2D eigenvalue weighted by Crippen LogP contribution is -2.39. The van der Waals surface area contributed by atoms with Crippen LogP contribution in [0.3, 0.4) is 0 Å². The maximum absolute atomic E-state index is 13.9. The van der Waals surface area contributed by atoms with Gasteiger partial charge in [0.25, 0.3) is 5.91 Å². The number of carbonyl (C=O) groups is 1. The molecule has 3 heterocycles. The molecule has 0 unspecified atom stereocenters. The number of hydrogen-bond donors (Lipinski definition) is 1. The zero-order valence-corrected chi connectivity index (χ0v) is 24.8. The third-order valence-corrected chi connectivity index (χ3v) is 8.05. The van der Waals surface area contributed by atoms with Gasteiger partial charge >= 0.3 is 5.69 Å². The van der Waals surface area contributed by atoms with Gasteiger partial charge in [0.15, 0.2) is 0 Å². The Bertz CT molecular complexity index is 1590. The summed E-state index contributed by atoms with van der Waals surface area (Å²) in [4.78, 5) is 37.4. The molecule has 0 aliphatic heterocycles. The molecule has 3 aromatic heterocycles. The number of pyridine rings is 2. The van der Waals surface area contributed by atoms with E-state index < -0.39 is 0 Å². The highest BCUT2D eigenvalue weighted by atomic mass is 35.5. The minimum atomic E-state index is -0.140. The number of likely N-dealkylation sites (N-methyl/N-ethyl adjacent to an activating group) is 1. The van der Waals surface area contributed by atoms with Gasteiger partial charge in [-0.25, -0.2) is 9.78 Å². The molecule has 1 aromatic carbocycles. The summed E-state index contributed by atoms with van der Waals surface area (Å²) < 4.78 is 9.40. The molecule has 1 N–H and O–H groups in total. The average Bonchev–Trinajstić information content (AvgIpc) is 3.23. The number of benzene rings is 1. The van der Waals surface area contributed by atoms with Crippen LogP contribution in [0.2, 0.25) is 5.02 Å². The number of para-hydroxylation sites is 1. The van der Waals surface area contributed by atoms with Crippen molar-refractivity contribution in [2.45, 2.75) is 52.1 Å². The number of hydrogen-bond acceptors (Lipinski definition) is 6. The summed E-state index contributed by atoms with van der Waals surface area (Å²) in [5, 5.41) is 3.60. The van der Waals surface area contributed by atoms with Crippen LogP contribution >= 0.6 is 11.6 Å². The molecule has 1 amide bonds. The number of nitrogens with one attached hydrogen (secondary N) is 1. The molecule has 0 saturated heterocycles. The zero-order chi connectivity index (χ0) is 29.1. The van der Waals surface area contributed by atoms with E-state index in [-0.39, 0.29) is 17.6 Å². The zero-order valence-electron chi connectivity index (χ0n) is 24.1. The molecule has 1 aliphatic rings. The summed E-state index contributed by atoms with van der Waals surface area (Å²) in [6.45, 7) is 5.80. The summed E-state index contributed by atoms with van der Waals surface area (Å²) in [5.41, 5.74) is 4.65. The number of amides is 1. The molecule has 0 radical (unpaired) electrons. The van der Waals surface area contributed by atoms with Crippen LogP contribution < -0.4 is 15.7 Å². The molecule has 4 aromatic rings. The van der Waals surface area contributed by atoms with Gasteiger partial charge in [0, 0.05) is 31.4 Å². The Morgan fingerprint density at radius 3 is 2.59 bits per heavy atom. The number of fused-ring (bicyclic) bond motifs is 1. The molecule has 1 saturated carbocycles. The van der Waals surface area contributed by atoms with Crippen molar-refractivity contribution >= 4 is 28.5 Å². The molecule has 9 nitrogen and oxygen atoms in total. The second-order valence-electron chi connectivity index (χ2n) is 11.2. The minimum absolute atomic E-state index is 0.0725. The van der Waals surface area contributed by atoms with Crippen LogP contribution in [-0.4, -0.2) is 63.2 Å². The average molecular weight is 577 g/mol. The number of halogens is 1. The SMILES string of the molecule is Cc1ncc(Cl)cc1C(=O)N[C@H]1CC[C@H](Cn2c(=O)n(-c3ccc(OCCN(C)C)nc3)c3c(C)cccc32)CC1.